The molecule has 1 atom stereocenters. The van der Waals surface area contributed by atoms with Crippen LogP contribution in [-0.4, -0.2) is 33.0 Å². The molecule has 0 aliphatic heterocycles. The highest BCUT2D eigenvalue weighted by molar-refractivity contribution is 8.00. The number of halogens is 4. The molecule has 1 aromatic carbocycles. The SMILES string of the molecule is CC(C)OP(C)(=O)COS(=O)(=O)c1ccc(F)cc1SC(F)(F)F. The molecule has 0 spiro atoms. The van der Waals surface area contributed by atoms with Gasteiger partial charge >= 0.3 is 5.51 Å². The molecule has 0 saturated heterocycles. The average molecular weight is 410 g/mol. The zero-order valence-electron chi connectivity index (χ0n) is 12.8. The molecule has 0 saturated carbocycles. The van der Waals surface area contributed by atoms with Crippen molar-refractivity contribution in [1.29, 1.82) is 0 Å². The van der Waals surface area contributed by atoms with Crippen LogP contribution in [-0.2, 0) is 23.4 Å². The molecule has 12 heteroatoms. The molecule has 0 aliphatic carbocycles. The summed E-state index contributed by atoms with van der Waals surface area (Å²) in [5, 5.41) is 0. The zero-order chi connectivity index (χ0) is 18.8. The van der Waals surface area contributed by atoms with E-state index >= 15 is 0 Å². The number of hydrogen-bond donors (Lipinski definition) is 0. The van der Waals surface area contributed by atoms with Crippen molar-refractivity contribution in [3.63, 3.8) is 0 Å². The summed E-state index contributed by atoms with van der Waals surface area (Å²) in [7, 11) is -8.12. The summed E-state index contributed by atoms with van der Waals surface area (Å²) in [4.78, 5) is -1.74. The summed E-state index contributed by atoms with van der Waals surface area (Å²) >= 11 is -0.787. The molecule has 1 aromatic rings. The van der Waals surface area contributed by atoms with Crippen molar-refractivity contribution in [2.45, 2.75) is 35.3 Å². The van der Waals surface area contributed by atoms with Crippen LogP contribution in [0, 0.1) is 5.82 Å². The standard InChI is InChI=1S/C12H15F4O5PS2/c1-8(2)21-22(3,17)7-20-24(18,19)11-5-4-9(13)6-10(11)23-12(14,15)16/h4-6,8H,7H2,1-3H3. The Bertz CT molecular complexity index is 733. The van der Waals surface area contributed by atoms with E-state index in [2.05, 4.69) is 4.18 Å². The van der Waals surface area contributed by atoms with Gasteiger partial charge in [0.25, 0.3) is 10.1 Å². The minimum Gasteiger partial charge on any atom is -0.324 e. The molecule has 0 heterocycles. The maximum Gasteiger partial charge on any atom is 0.446 e. The normalized spacial score (nSPS) is 15.5. The van der Waals surface area contributed by atoms with E-state index in [9.17, 15) is 30.5 Å². The molecule has 0 fully saturated rings. The second-order valence-corrected chi connectivity index (χ2v) is 10.2. The first-order chi connectivity index (χ1) is 10.7. The molecule has 0 radical (unpaired) electrons. The van der Waals surface area contributed by atoms with Crippen molar-refractivity contribution in [1.82, 2.24) is 0 Å². The fourth-order valence-corrected chi connectivity index (χ4v) is 5.56. The Morgan fingerprint density at radius 1 is 1.29 bits per heavy atom. The van der Waals surface area contributed by atoms with E-state index in [1.54, 1.807) is 13.8 Å². The molecule has 0 amide bonds. The highest BCUT2D eigenvalue weighted by Crippen LogP contribution is 2.45. The Morgan fingerprint density at radius 2 is 1.88 bits per heavy atom. The highest BCUT2D eigenvalue weighted by Gasteiger charge is 2.34. The van der Waals surface area contributed by atoms with Crippen LogP contribution in [0.2, 0.25) is 0 Å². The van der Waals surface area contributed by atoms with Crippen LogP contribution in [0.4, 0.5) is 17.6 Å². The molecular formula is C12H15F4O5PS2. The third-order valence-corrected chi connectivity index (χ3v) is 6.16. The van der Waals surface area contributed by atoms with E-state index in [1.165, 1.54) is 0 Å². The van der Waals surface area contributed by atoms with E-state index < -0.39 is 62.8 Å². The first kappa shape index (κ1) is 21.4. The van der Waals surface area contributed by atoms with E-state index in [0.29, 0.717) is 18.2 Å². The van der Waals surface area contributed by atoms with Gasteiger partial charge in [0, 0.05) is 11.6 Å². The van der Waals surface area contributed by atoms with Crippen LogP contribution in [0.3, 0.4) is 0 Å². The Hall–Kier alpha value is -0.610. The predicted octanol–water partition coefficient (Wildman–Crippen LogP) is 4.43. The van der Waals surface area contributed by atoms with Gasteiger partial charge < -0.3 is 4.52 Å². The molecule has 0 bridgehead atoms. The Kier molecular flexibility index (Phi) is 6.91. The number of benzene rings is 1. The number of thioether (sulfide) groups is 1. The van der Waals surface area contributed by atoms with Crippen molar-refractivity contribution in [2.24, 2.45) is 0 Å². The number of rotatable bonds is 7. The minimum absolute atomic E-state index is 0.435. The van der Waals surface area contributed by atoms with Crippen molar-refractivity contribution in [3.8, 4) is 0 Å². The van der Waals surface area contributed by atoms with E-state index in [-0.39, 0.29) is 0 Å². The van der Waals surface area contributed by atoms with Crippen molar-refractivity contribution in [3.05, 3.63) is 24.0 Å². The van der Waals surface area contributed by atoms with E-state index in [0.717, 1.165) is 6.66 Å². The topological polar surface area (TPSA) is 69.7 Å². The van der Waals surface area contributed by atoms with Crippen LogP contribution in [0.5, 0.6) is 0 Å². The van der Waals surface area contributed by atoms with Gasteiger partial charge in [0.15, 0.2) is 0 Å². The molecule has 1 unspecified atom stereocenters. The van der Waals surface area contributed by atoms with Gasteiger partial charge in [0.1, 0.15) is 17.1 Å². The number of alkyl halides is 3. The van der Waals surface area contributed by atoms with Crippen LogP contribution in [0.25, 0.3) is 0 Å². The fourth-order valence-electron chi connectivity index (χ4n) is 1.60. The molecule has 24 heavy (non-hydrogen) atoms. The second-order valence-electron chi connectivity index (χ2n) is 5.01. The van der Waals surface area contributed by atoms with E-state index in [4.69, 9.17) is 4.52 Å². The first-order valence-corrected chi connectivity index (χ1v) is 10.9. The summed E-state index contributed by atoms with van der Waals surface area (Å²) in [5.74, 6) is -1.04. The molecule has 0 aromatic heterocycles. The highest BCUT2D eigenvalue weighted by atomic mass is 32.2. The lowest BCUT2D eigenvalue weighted by Crippen LogP contribution is -2.12. The van der Waals surface area contributed by atoms with Gasteiger partial charge in [-0.3, -0.25) is 8.75 Å². The maximum absolute atomic E-state index is 13.1. The van der Waals surface area contributed by atoms with Gasteiger partial charge in [0.05, 0.1) is 6.10 Å². The predicted molar refractivity (Wildman–Crippen MR) is 81.2 cm³/mol. The zero-order valence-corrected chi connectivity index (χ0v) is 15.4. The quantitative estimate of drug-likeness (QED) is 0.287. The van der Waals surface area contributed by atoms with Crippen molar-refractivity contribution in [2.75, 3.05) is 13.0 Å². The van der Waals surface area contributed by atoms with Crippen LogP contribution in [0.15, 0.2) is 28.0 Å². The summed E-state index contributed by atoms with van der Waals surface area (Å²) < 4.78 is 96.4. The van der Waals surface area contributed by atoms with Crippen LogP contribution < -0.4 is 0 Å². The van der Waals surface area contributed by atoms with Gasteiger partial charge in [-0.2, -0.15) is 21.6 Å². The maximum atomic E-state index is 13.1. The molecule has 5 nitrogen and oxygen atoms in total. The first-order valence-electron chi connectivity index (χ1n) is 6.41. The van der Waals surface area contributed by atoms with Gasteiger partial charge in [-0.15, -0.1) is 0 Å². The van der Waals surface area contributed by atoms with Crippen LogP contribution in [0.1, 0.15) is 13.8 Å². The lowest BCUT2D eigenvalue weighted by atomic mass is 10.3. The third-order valence-electron chi connectivity index (χ3n) is 2.28. The van der Waals surface area contributed by atoms with Gasteiger partial charge in [-0.1, -0.05) is 0 Å². The summed E-state index contributed by atoms with van der Waals surface area (Å²) in [6.45, 7) is 4.28. The molecule has 1 rings (SSSR count). The molecule has 0 N–H and O–H groups in total. The lowest BCUT2D eigenvalue weighted by molar-refractivity contribution is -0.0329. The van der Waals surface area contributed by atoms with Gasteiger partial charge in [-0.25, -0.2) is 4.39 Å². The van der Waals surface area contributed by atoms with Gasteiger partial charge in [-0.05, 0) is 43.8 Å². The van der Waals surface area contributed by atoms with Crippen molar-refractivity contribution >= 4 is 29.2 Å². The second kappa shape index (κ2) is 7.74. The average Bonchev–Trinajstić information content (AvgIpc) is 2.33. The third kappa shape index (κ3) is 7.10. The molecular weight excluding hydrogens is 395 g/mol. The Morgan fingerprint density at radius 3 is 2.38 bits per heavy atom. The Balaban J connectivity index is 3.09. The van der Waals surface area contributed by atoms with Crippen LogP contribution >= 0.6 is 19.1 Å². The van der Waals surface area contributed by atoms with Gasteiger partial charge in [0.2, 0.25) is 7.37 Å². The number of hydrogen-bond acceptors (Lipinski definition) is 6. The molecule has 138 valence electrons. The van der Waals surface area contributed by atoms with Crippen molar-refractivity contribution < 1.29 is 39.3 Å². The largest absolute Gasteiger partial charge is 0.446 e. The summed E-state index contributed by atoms with van der Waals surface area (Å²) in [6.07, 6.45) is -1.31. The van der Waals surface area contributed by atoms with E-state index in [1.807, 2.05) is 0 Å². The summed E-state index contributed by atoms with van der Waals surface area (Å²) in [6, 6.07) is 1.78. The lowest BCUT2D eigenvalue weighted by Gasteiger charge is -2.17. The fraction of sp³-hybridized carbons (Fsp3) is 0.500. The smallest absolute Gasteiger partial charge is 0.324 e. The minimum atomic E-state index is -4.82. The summed E-state index contributed by atoms with van der Waals surface area (Å²) in [5.41, 5.74) is -4.82. The monoisotopic (exact) mass is 410 g/mol. The molecule has 0 aliphatic rings. The Labute approximate surface area is 141 Å².